The summed E-state index contributed by atoms with van der Waals surface area (Å²) in [7, 11) is -27.9. The van der Waals surface area contributed by atoms with Crippen LogP contribution in [0.3, 0.4) is 0 Å². The Morgan fingerprint density at radius 1 is 0.467 bits per heavy atom. The maximum absolute atomic E-state index is 14.4. The number of hydrogen-bond donors (Lipinski definition) is 15. The number of ether oxygens (including phenoxy) is 5. The maximum atomic E-state index is 14.4. The van der Waals surface area contributed by atoms with Gasteiger partial charge in [0.25, 0.3) is 16.7 Å². The molecule has 57 heteroatoms. The molecule has 0 saturated carbocycles. The molecule has 107 heavy (non-hydrogen) atoms. The van der Waals surface area contributed by atoms with Gasteiger partial charge in [-0.3, -0.25) is 92.9 Å². The molecule has 5 fully saturated rings. The standard InChI is InChI=1S/C50H64N19O33P5/c1-18-6-65(49(76)63-43(18)73)28-4-21(98-103(78,79)80)24(94-28)9-90-106(85,86)101-36-27(96-46(34(36)71)68-16-59-32-39(52)55-14-57-41(32)68)12-92-107(87,88)102-37-26(97-47(35(37)72)69-17-60-33-42(69)61-48(53)62-45(33)75)11-91-105(83,84)100-22-5-29(66-7-19(2)44(74)64-50(66)77)95-25(22)10-89-104(81,82)99-20-3-30(93-23(20)8-70)67-15-58-31-38(51)54-13-56-40(31)67/h6-7,13-17,20-30,34-37,46-47,70-72H,3-5,8-12H2,1-2H3,(H,81,82)(H,83,84)(H,85,86)(H,87,88)(H2,51,54,56)(H2,52,55,57)(H,63,73,76)(H,64,74,77)(H2,78,79,80)(H3,53,61,62,75)/t20-,21-,22-,23+,24+,25+,26+,27+,28+,29+,30+,34+,35+,36+,37+,46+,47+/m0/s1. The number of aromatic amines is 3. The molecule has 582 valence electrons. The van der Waals surface area contributed by atoms with Crippen molar-refractivity contribution in [3.63, 3.8) is 0 Å². The molecule has 8 aromatic heterocycles. The maximum Gasteiger partial charge on any atom is 0.472 e. The SMILES string of the molecule is Cc1cn([C@H]2C[C@H](OP(=O)(O)O)[C@@H](COP(=O)(O)O[C@H]3[C@@H](O)[C@H](n4cnc5c(N)ncnc54)O[C@@H]3COP(=O)(O)O[C@H]3[C@@H](O)[C@H](n4cnc5c(=O)[nH]c(N)nc54)O[C@@H]3COP(=O)(O)O[C@H]3C[C@H](n4cc(C)c(=O)[nH]c4=O)O[C@@H]3COP(=O)(O)O[C@H]3C[C@H](n4cnc5c(N)ncnc54)O[C@@H]3CO)O2)c(=O)[nH]c1=O. The fourth-order valence-corrected chi connectivity index (χ4v) is 16.7. The molecule has 0 amide bonds. The summed E-state index contributed by atoms with van der Waals surface area (Å²) >= 11 is 0. The molecule has 0 radical (unpaired) electrons. The number of aryl methyl sites for hydroxylation is 2. The molecular weight excluding hydrogens is 1550 g/mol. The molecule has 8 aromatic rings. The summed E-state index contributed by atoms with van der Waals surface area (Å²) in [6.45, 7) is -2.87. The summed E-state index contributed by atoms with van der Waals surface area (Å²) < 4.78 is 151. The van der Waals surface area contributed by atoms with Crippen molar-refractivity contribution in [1.82, 2.24) is 77.7 Å². The quantitative estimate of drug-likeness (QED) is 0.0209. The minimum atomic E-state index is -5.87. The second kappa shape index (κ2) is 30.0. The highest BCUT2D eigenvalue weighted by Gasteiger charge is 2.55. The molecule has 5 saturated heterocycles. The number of phosphoric ester groups is 5. The van der Waals surface area contributed by atoms with E-state index in [2.05, 4.69) is 49.8 Å². The Labute approximate surface area is 592 Å². The molecule has 13 rings (SSSR count). The van der Waals surface area contributed by atoms with Gasteiger partial charge in [-0.05, 0) is 13.8 Å². The van der Waals surface area contributed by atoms with Crippen molar-refractivity contribution in [2.45, 2.75) is 137 Å². The van der Waals surface area contributed by atoms with E-state index < -0.39 is 229 Å². The topological polar surface area (TPSA) is 735 Å². The number of aliphatic hydroxyl groups excluding tert-OH is 3. The molecule has 4 unspecified atom stereocenters. The van der Waals surface area contributed by atoms with Gasteiger partial charge in [-0.2, -0.15) is 4.98 Å². The number of nitrogens with zero attached hydrogens (tertiary/aromatic N) is 13. The van der Waals surface area contributed by atoms with Crippen LogP contribution >= 0.6 is 39.1 Å². The number of phosphoric acid groups is 5. The fraction of sp³-hybridized carbons (Fsp3) is 0.540. The first kappa shape index (κ1) is 77.6. The molecule has 0 bridgehead atoms. The third-order valence-corrected chi connectivity index (χ3v) is 21.8. The average molecular weight is 1610 g/mol. The Morgan fingerprint density at radius 2 is 0.850 bits per heavy atom. The summed E-state index contributed by atoms with van der Waals surface area (Å²) in [6, 6.07) is 0. The van der Waals surface area contributed by atoms with Crippen molar-refractivity contribution in [1.29, 1.82) is 0 Å². The molecule has 0 spiro atoms. The minimum absolute atomic E-state index is 0.00464. The monoisotopic (exact) mass is 1610 g/mol. The van der Waals surface area contributed by atoms with Gasteiger partial charge in [0, 0.05) is 42.8 Å². The third-order valence-electron chi connectivity index (χ3n) is 17.3. The van der Waals surface area contributed by atoms with Crippen LogP contribution in [0.1, 0.15) is 61.5 Å². The van der Waals surface area contributed by atoms with Crippen LogP contribution in [0, 0.1) is 13.8 Å². The van der Waals surface area contributed by atoms with E-state index in [-0.39, 0.29) is 57.2 Å². The number of aliphatic hydroxyl groups is 3. The van der Waals surface area contributed by atoms with Crippen molar-refractivity contribution < 1.29 is 132 Å². The number of imidazole rings is 3. The fourth-order valence-electron chi connectivity index (χ4n) is 12.3. The van der Waals surface area contributed by atoms with Gasteiger partial charge in [-0.15, -0.1) is 0 Å². The molecule has 13 heterocycles. The predicted molar refractivity (Wildman–Crippen MR) is 346 cm³/mol. The highest BCUT2D eigenvalue weighted by Crippen LogP contribution is 2.56. The minimum Gasteiger partial charge on any atom is -0.394 e. The van der Waals surface area contributed by atoms with E-state index in [0.29, 0.717) is 0 Å². The van der Waals surface area contributed by atoms with Crippen LogP contribution in [0.25, 0.3) is 33.5 Å². The van der Waals surface area contributed by atoms with Gasteiger partial charge >= 0.3 is 50.5 Å². The van der Waals surface area contributed by atoms with Gasteiger partial charge in [-0.1, -0.05) is 0 Å². The van der Waals surface area contributed by atoms with Crippen LogP contribution in [0.2, 0.25) is 0 Å². The number of H-pyrrole nitrogens is 3. The normalized spacial score (nSPS) is 30.0. The number of rotatable bonds is 28. The largest absolute Gasteiger partial charge is 0.472 e. The van der Waals surface area contributed by atoms with E-state index in [1.807, 2.05) is 4.98 Å². The summed E-state index contributed by atoms with van der Waals surface area (Å²) in [5.41, 5.74) is 12.6. The van der Waals surface area contributed by atoms with Crippen LogP contribution in [-0.4, -0.2) is 229 Å². The summed E-state index contributed by atoms with van der Waals surface area (Å²) in [5, 5.41) is 34.2. The number of nitrogens with two attached hydrogens (primary N) is 3. The average Bonchev–Trinajstić information content (AvgIpc) is 1.62. The Kier molecular flexibility index (Phi) is 21.8. The highest BCUT2D eigenvalue weighted by molar-refractivity contribution is 7.48. The predicted octanol–water partition coefficient (Wildman–Crippen LogP) is -3.88. The number of hydrogen-bond acceptors (Lipinski definition) is 38. The number of anilines is 3. The molecule has 21 atom stereocenters. The summed E-state index contributed by atoms with van der Waals surface area (Å²) in [6.07, 6.45) is -24.0. The summed E-state index contributed by atoms with van der Waals surface area (Å²) in [5.74, 6) is -0.620. The van der Waals surface area contributed by atoms with Crippen molar-refractivity contribution in [3.8, 4) is 0 Å². The van der Waals surface area contributed by atoms with Crippen molar-refractivity contribution in [2.24, 2.45) is 0 Å². The molecule has 0 aromatic carbocycles. The Bertz CT molecular complexity index is 5260. The van der Waals surface area contributed by atoms with Crippen LogP contribution in [-0.2, 0) is 87.2 Å². The molecule has 5 aliphatic heterocycles. The Balaban J connectivity index is 0.729. The van der Waals surface area contributed by atoms with E-state index in [1.54, 1.807) is 0 Å². The van der Waals surface area contributed by atoms with E-state index in [4.69, 9.17) is 81.6 Å². The molecular formula is C50H64N19O33P5. The van der Waals surface area contributed by atoms with Gasteiger partial charge in [0.15, 0.2) is 46.5 Å². The highest BCUT2D eigenvalue weighted by atomic mass is 31.2. The molecule has 18 N–H and O–H groups in total. The molecule has 52 nitrogen and oxygen atoms in total. The number of nitrogens with one attached hydrogen (secondary N) is 3. The number of nitrogen functional groups attached to an aromatic ring is 3. The molecule has 0 aliphatic carbocycles. The first-order chi connectivity index (χ1) is 50.4. The third kappa shape index (κ3) is 16.7. The van der Waals surface area contributed by atoms with Crippen LogP contribution in [0.15, 0.2) is 68.0 Å². The lowest BCUT2D eigenvalue weighted by molar-refractivity contribution is -0.0644. The van der Waals surface area contributed by atoms with Gasteiger partial charge in [0.1, 0.15) is 116 Å². The lowest BCUT2D eigenvalue weighted by Crippen LogP contribution is -2.38. The van der Waals surface area contributed by atoms with Crippen LogP contribution in [0.5, 0.6) is 0 Å². The zero-order chi connectivity index (χ0) is 76.7. The van der Waals surface area contributed by atoms with E-state index >= 15 is 0 Å². The van der Waals surface area contributed by atoms with E-state index in [9.17, 15) is 91.5 Å². The summed E-state index contributed by atoms with van der Waals surface area (Å²) in [4.78, 5) is 167. The van der Waals surface area contributed by atoms with Crippen molar-refractivity contribution in [2.75, 3.05) is 50.2 Å². The zero-order valence-electron chi connectivity index (χ0n) is 54.6. The second-order valence-electron chi connectivity index (χ2n) is 24.4. The number of fused-ring (bicyclic) bond motifs is 3. The lowest BCUT2D eigenvalue weighted by Gasteiger charge is -2.26. The Hall–Kier alpha value is -7.56. The second-order valence-corrected chi connectivity index (χ2v) is 31.2. The van der Waals surface area contributed by atoms with Crippen molar-refractivity contribution >= 4 is 90.2 Å². The molecule has 5 aliphatic rings. The number of aromatic nitrogens is 16. The van der Waals surface area contributed by atoms with Gasteiger partial charge in [0.05, 0.1) is 52.0 Å². The lowest BCUT2D eigenvalue weighted by atomic mass is 10.1. The van der Waals surface area contributed by atoms with Gasteiger partial charge in [0.2, 0.25) is 5.95 Å². The van der Waals surface area contributed by atoms with Crippen molar-refractivity contribution in [3.05, 3.63) is 107 Å². The van der Waals surface area contributed by atoms with Gasteiger partial charge in [-0.25, -0.2) is 67.3 Å². The van der Waals surface area contributed by atoms with E-state index in [1.165, 1.54) is 24.7 Å². The smallest absolute Gasteiger partial charge is 0.394 e. The van der Waals surface area contributed by atoms with Crippen LogP contribution in [0.4, 0.5) is 17.6 Å². The zero-order valence-corrected chi connectivity index (χ0v) is 59.1. The van der Waals surface area contributed by atoms with Crippen LogP contribution < -0.4 is 45.3 Å². The van der Waals surface area contributed by atoms with E-state index in [0.717, 1.165) is 56.0 Å². The first-order valence-electron chi connectivity index (χ1n) is 31.3. The Morgan fingerprint density at radius 3 is 1.31 bits per heavy atom. The van der Waals surface area contributed by atoms with Gasteiger partial charge < -0.3 is 85.6 Å². The first-order valence-corrected chi connectivity index (χ1v) is 38.8.